The molecule has 126 valence electrons. The second kappa shape index (κ2) is 7.01. The minimum absolute atomic E-state index is 0.00973. The van der Waals surface area contributed by atoms with Crippen molar-refractivity contribution in [2.24, 2.45) is 0 Å². The van der Waals surface area contributed by atoms with Crippen LogP contribution in [-0.4, -0.2) is 0 Å². The number of nitrogens with zero attached hydrogens (tertiary/aromatic N) is 4. The first kappa shape index (κ1) is 17.7. The lowest BCUT2D eigenvalue weighted by Crippen LogP contribution is -2.18. The maximum absolute atomic E-state index is 9.53. The maximum atomic E-state index is 9.53. The van der Waals surface area contributed by atoms with Gasteiger partial charge < -0.3 is 0 Å². The van der Waals surface area contributed by atoms with Crippen molar-refractivity contribution in [1.82, 2.24) is 0 Å². The average molecular weight is 346 g/mol. The van der Waals surface area contributed by atoms with Gasteiger partial charge in [0.25, 0.3) is 0 Å². The fourth-order valence-electron chi connectivity index (χ4n) is 3.37. The Kier molecular flexibility index (Phi) is 4.60. The zero-order valence-electron chi connectivity index (χ0n) is 14.9. The van der Waals surface area contributed by atoms with Crippen LogP contribution in [0.4, 0.5) is 0 Å². The second-order valence-electron chi connectivity index (χ2n) is 6.45. The van der Waals surface area contributed by atoms with Gasteiger partial charge >= 0.3 is 0 Å². The van der Waals surface area contributed by atoms with E-state index in [0.717, 1.165) is 5.56 Å². The molecular weight excluding hydrogens is 332 g/mol. The topological polar surface area (TPSA) is 95.2 Å². The highest BCUT2D eigenvalue weighted by Gasteiger charge is 2.13. The third-order valence-electron chi connectivity index (χ3n) is 4.66. The van der Waals surface area contributed by atoms with Gasteiger partial charge in [0.05, 0.1) is 0 Å². The van der Waals surface area contributed by atoms with E-state index in [1.807, 2.05) is 66.7 Å². The molecule has 3 aromatic carbocycles. The standard InChI is InChI=1S/C23H14N4/c1-14(2)15-7-8-20-21(9-15)23(17(12-26)13-27)19-6-4-3-5-18(19)22(20)16(10-24)11-25/h3-9,14H,1-2H3. The van der Waals surface area contributed by atoms with E-state index in [2.05, 4.69) is 13.8 Å². The summed E-state index contributed by atoms with van der Waals surface area (Å²) < 4.78 is 0. The Morgan fingerprint density at radius 2 is 1.11 bits per heavy atom. The van der Waals surface area contributed by atoms with Crippen LogP contribution in [0.3, 0.4) is 0 Å². The Balaban J connectivity index is 2.89. The van der Waals surface area contributed by atoms with Crippen molar-refractivity contribution in [3.05, 3.63) is 58.5 Å². The third-order valence-corrected chi connectivity index (χ3v) is 4.66. The molecule has 0 N–H and O–H groups in total. The first-order valence-corrected chi connectivity index (χ1v) is 8.40. The molecule has 27 heavy (non-hydrogen) atoms. The molecular formula is C23H14N4. The monoisotopic (exact) mass is 346 g/mol. The molecule has 0 heterocycles. The number of hydrogen-bond donors (Lipinski definition) is 0. The van der Waals surface area contributed by atoms with Crippen LogP contribution in [0.2, 0.25) is 0 Å². The quantitative estimate of drug-likeness (QED) is 0.630. The fraction of sp³-hybridized carbons (Fsp3) is 0.130. The summed E-state index contributed by atoms with van der Waals surface area (Å²) in [5.74, 6) is 0.250. The highest BCUT2D eigenvalue weighted by atomic mass is 14.3. The number of fused-ring (bicyclic) bond motifs is 2. The molecule has 0 saturated carbocycles. The first-order valence-electron chi connectivity index (χ1n) is 8.40. The van der Waals surface area contributed by atoms with E-state index in [1.54, 1.807) is 0 Å². The maximum Gasteiger partial charge on any atom is 0.138 e. The highest BCUT2D eigenvalue weighted by molar-refractivity contribution is 6.05. The summed E-state index contributed by atoms with van der Waals surface area (Å²) in [6.07, 6.45) is 0. The highest BCUT2D eigenvalue weighted by Crippen LogP contribution is 2.21. The summed E-state index contributed by atoms with van der Waals surface area (Å²) in [6.45, 7) is 4.12. The van der Waals surface area contributed by atoms with Crippen LogP contribution < -0.4 is 10.4 Å². The summed E-state index contributed by atoms with van der Waals surface area (Å²) in [6, 6.07) is 21.0. The zero-order valence-corrected chi connectivity index (χ0v) is 14.9. The van der Waals surface area contributed by atoms with Gasteiger partial charge in [0.1, 0.15) is 35.4 Å². The summed E-state index contributed by atoms with van der Waals surface area (Å²) in [4.78, 5) is 0. The molecule has 4 nitrogen and oxygen atoms in total. The smallest absolute Gasteiger partial charge is 0.138 e. The second-order valence-corrected chi connectivity index (χ2v) is 6.45. The average Bonchev–Trinajstić information content (AvgIpc) is 2.70. The summed E-state index contributed by atoms with van der Waals surface area (Å²) >= 11 is 0. The Bertz CT molecular complexity index is 1350. The predicted octanol–water partition coefficient (Wildman–Crippen LogP) is 3.51. The molecule has 0 aliphatic carbocycles. The van der Waals surface area contributed by atoms with Gasteiger partial charge in [-0.25, -0.2) is 0 Å². The van der Waals surface area contributed by atoms with Crippen LogP contribution >= 0.6 is 0 Å². The van der Waals surface area contributed by atoms with E-state index in [4.69, 9.17) is 0 Å². The molecule has 0 radical (unpaired) electrons. The minimum atomic E-state index is 0.00973. The van der Waals surface area contributed by atoms with Gasteiger partial charge in [-0.1, -0.05) is 56.3 Å². The van der Waals surface area contributed by atoms with E-state index < -0.39 is 0 Å². The predicted molar refractivity (Wildman–Crippen MR) is 104 cm³/mol. The Morgan fingerprint density at radius 1 is 0.667 bits per heavy atom. The van der Waals surface area contributed by atoms with Crippen molar-refractivity contribution >= 4 is 32.7 Å². The SMILES string of the molecule is CC(C)c1ccc2c(=C(C#N)C#N)c3ccccc3c(=C(C#N)C#N)c2c1. The van der Waals surface area contributed by atoms with Crippen LogP contribution in [-0.2, 0) is 0 Å². The van der Waals surface area contributed by atoms with E-state index in [-0.39, 0.29) is 17.1 Å². The van der Waals surface area contributed by atoms with Gasteiger partial charge in [0, 0.05) is 10.4 Å². The van der Waals surface area contributed by atoms with E-state index >= 15 is 0 Å². The molecule has 0 atom stereocenters. The molecule has 0 aromatic heterocycles. The molecule has 0 amide bonds. The van der Waals surface area contributed by atoms with Crippen LogP contribution in [0.5, 0.6) is 0 Å². The van der Waals surface area contributed by atoms with Crippen molar-refractivity contribution < 1.29 is 0 Å². The molecule has 3 rings (SSSR count). The number of rotatable bonds is 1. The molecule has 0 saturated heterocycles. The normalized spacial score (nSPS) is 10.0. The van der Waals surface area contributed by atoms with Crippen molar-refractivity contribution in [1.29, 1.82) is 21.0 Å². The van der Waals surface area contributed by atoms with Gasteiger partial charge in [-0.2, -0.15) is 21.0 Å². The summed E-state index contributed by atoms with van der Waals surface area (Å²) in [5.41, 5.74) is 1.07. The Labute approximate surface area is 156 Å². The van der Waals surface area contributed by atoms with Crippen molar-refractivity contribution in [2.75, 3.05) is 0 Å². The number of nitriles is 4. The minimum Gasteiger partial charge on any atom is -0.192 e. The third kappa shape index (κ3) is 2.77. The van der Waals surface area contributed by atoms with Crippen molar-refractivity contribution in [3.63, 3.8) is 0 Å². The van der Waals surface area contributed by atoms with E-state index in [1.165, 1.54) is 0 Å². The molecule has 0 spiro atoms. The van der Waals surface area contributed by atoms with Gasteiger partial charge in [0.2, 0.25) is 0 Å². The van der Waals surface area contributed by atoms with Gasteiger partial charge in [-0.15, -0.1) is 0 Å². The Hall–Kier alpha value is -4.12. The van der Waals surface area contributed by atoms with Crippen LogP contribution in [0.1, 0.15) is 25.3 Å². The van der Waals surface area contributed by atoms with Gasteiger partial charge in [-0.3, -0.25) is 0 Å². The summed E-state index contributed by atoms with van der Waals surface area (Å²) in [7, 11) is 0. The first-order chi connectivity index (χ1) is 13.1. The summed E-state index contributed by atoms with van der Waals surface area (Å²) in [5, 5.41) is 41.9. The van der Waals surface area contributed by atoms with Crippen molar-refractivity contribution in [2.45, 2.75) is 19.8 Å². The van der Waals surface area contributed by atoms with Gasteiger partial charge in [-0.05, 0) is 33.0 Å². The van der Waals surface area contributed by atoms with Crippen molar-refractivity contribution in [3.8, 4) is 24.3 Å². The molecule has 0 aliphatic heterocycles. The van der Waals surface area contributed by atoms with Gasteiger partial charge in [0.15, 0.2) is 0 Å². The lowest BCUT2D eigenvalue weighted by atomic mass is 9.91. The molecule has 4 heteroatoms. The largest absolute Gasteiger partial charge is 0.192 e. The Morgan fingerprint density at radius 3 is 1.56 bits per heavy atom. The molecule has 0 unspecified atom stereocenters. The lowest BCUT2D eigenvalue weighted by Gasteiger charge is -2.11. The van der Waals surface area contributed by atoms with Crippen LogP contribution in [0, 0.1) is 45.3 Å². The molecule has 0 fully saturated rings. The number of benzene rings is 3. The molecule has 3 aromatic rings. The molecule has 0 aliphatic rings. The van der Waals surface area contributed by atoms with Crippen LogP contribution in [0.15, 0.2) is 42.5 Å². The lowest BCUT2D eigenvalue weighted by molar-refractivity contribution is 0.868. The fourth-order valence-corrected chi connectivity index (χ4v) is 3.37. The molecule has 0 bridgehead atoms. The number of hydrogen-bond acceptors (Lipinski definition) is 4. The van der Waals surface area contributed by atoms with Crippen LogP contribution in [0.25, 0.3) is 32.7 Å². The van der Waals surface area contributed by atoms with E-state index in [9.17, 15) is 21.0 Å². The zero-order chi connectivity index (χ0) is 19.6. The van der Waals surface area contributed by atoms with E-state index in [0.29, 0.717) is 32.0 Å².